The number of carboxylic acid groups (broad SMARTS) is 1. The molecule has 0 aromatic rings. The van der Waals surface area contributed by atoms with Gasteiger partial charge in [-0.25, -0.2) is 9.59 Å². The summed E-state index contributed by atoms with van der Waals surface area (Å²) in [5, 5.41) is 8.17. The van der Waals surface area contributed by atoms with E-state index in [2.05, 4.69) is 4.74 Å². The molecule has 5 nitrogen and oxygen atoms in total. The van der Waals surface area contributed by atoms with E-state index in [0.29, 0.717) is 0 Å². The van der Waals surface area contributed by atoms with Gasteiger partial charge in [-0.15, -0.1) is 0 Å². The first-order valence-corrected chi connectivity index (χ1v) is 2.19. The molecule has 0 heterocycles. The molecule has 0 aliphatic carbocycles. The highest BCUT2D eigenvalue weighted by Gasteiger charge is 2.11. The second kappa shape index (κ2) is 5.97. The fourth-order valence-corrected chi connectivity index (χ4v) is 0.302. The highest BCUT2D eigenvalue weighted by molar-refractivity contribution is 5.77. The maximum atomic E-state index is 9.99. The molecule has 10 heavy (non-hydrogen) atoms. The van der Waals surface area contributed by atoms with Crippen molar-refractivity contribution in [3.05, 3.63) is 6.08 Å². The Bertz CT molecular complexity index is 144. The Balaban J connectivity index is 0. The third-order valence-corrected chi connectivity index (χ3v) is 0.717. The van der Waals surface area contributed by atoms with E-state index in [9.17, 15) is 9.59 Å². The number of carboxylic acids is 1. The minimum atomic E-state index is -1.19. The molecule has 0 aliphatic rings. The Kier molecular flexibility index (Phi) is 6.93. The van der Waals surface area contributed by atoms with Gasteiger partial charge < -0.3 is 15.3 Å². The maximum absolute atomic E-state index is 9.99. The van der Waals surface area contributed by atoms with Gasteiger partial charge in [-0.2, -0.15) is 0 Å². The summed E-state index contributed by atoms with van der Waals surface area (Å²) in [4.78, 5) is 19.5. The molecule has 0 aromatic carbocycles. The number of ether oxygens (including phenoxy) is 1. The van der Waals surface area contributed by atoms with E-state index in [1.807, 2.05) is 0 Å². The molecule has 0 radical (unpaired) electrons. The van der Waals surface area contributed by atoms with Gasteiger partial charge in [0.05, 0.1) is 0 Å². The summed E-state index contributed by atoms with van der Waals surface area (Å²) in [6.45, 7) is 0. The number of hydrogen-bond acceptors (Lipinski definition) is 3. The molecule has 5 heteroatoms. The monoisotopic (exact) mass is 148 g/mol. The molecule has 0 saturated heterocycles. The van der Waals surface area contributed by atoms with Crippen LogP contribution < -0.4 is 0 Å². The predicted molar refractivity (Wildman–Crippen MR) is 32.3 cm³/mol. The van der Waals surface area contributed by atoms with Crippen molar-refractivity contribution in [2.75, 3.05) is 7.11 Å². The molecule has 0 amide bonds. The van der Waals surface area contributed by atoms with Gasteiger partial charge in [-0.1, -0.05) is 0 Å². The lowest BCUT2D eigenvalue weighted by Crippen LogP contribution is -2.19. The molecule has 0 saturated carbocycles. The number of carbonyl (C=O) groups excluding carboxylic acids is 1. The molecule has 1 unspecified atom stereocenters. The molecule has 0 spiro atoms. The van der Waals surface area contributed by atoms with E-state index < -0.39 is 12.1 Å². The van der Waals surface area contributed by atoms with Crippen LogP contribution in [0.5, 0.6) is 0 Å². The summed E-state index contributed by atoms with van der Waals surface area (Å²) < 4.78 is 4.33. The molecule has 3 N–H and O–H groups in total. The number of methoxy groups -OCH3 is 1. The highest BCUT2D eigenvalue weighted by atomic mass is 16.5. The van der Waals surface area contributed by atoms with Gasteiger partial charge in [0.25, 0.3) is 0 Å². The third kappa shape index (κ3) is 3.80. The smallest absolute Gasteiger partial charge is 0.337 e. The standard InChI is InChI=1S/C5H6O4.H2O/c1-9-4(2-3-6)5(7)8;/h2,4H,1H3,(H,7,8);1H2. The number of carbonyl (C=O) groups is 1. The van der Waals surface area contributed by atoms with Crippen molar-refractivity contribution in [3.8, 4) is 0 Å². The lowest BCUT2D eigenvalue weighted by Gasteiger charge is -1.99. The van der Waals surface area contributed by atoms with Crippen LogP contribution in [0.1, 0.15) is 0 Å². The second-order valence-corrected chi connectivity index (χ2v) is 1.28. The lowest BCUT2D eigenvalue weighted by molar-refractivity contribution is -0.145. The largest absolute Gasteiger partial charge is 0.479 e. The zero-order valence-electron chi connectivity index (χ0n) is 5.33. The molecule has 0 rings (SSSR count). The van der Waals surface area contributed by atoms with Crippen LogP contribution in [-0.4, -0.2) is 35.7 Å². The van der Waals surface area contributed by atoms with Crippen molar-refractivity contribution < 1.29 is 24.9 Å². The van der Waals surface area contributed by atoms with E-state index >= 15 is 0 Å². The Labute approximate surface area is 57.2 Å². The van der Waals surface area contributed by atoms with Crippen molar-refractivity contribution in [2.24, 2.45) is 0 Å². The Morgan fingerprint density at radius 2 is 2.30 bits per heavy atom. The van der Waals surface area contributed by atoms with Crippen LogP contribution in [0.15, 0.2) is 6.08 Å². The molecule has 1 atom stereocenters. The number of rotatable bonds is 3. The topological polar surface area (TPSA) is 95.1 Å². The molecular formula is C5H8O5. The third-order valence-electron chi connectivity index (χ3n) is 0.717. The van der Waals surface area contributed by atoms with Gasteiger partial charge in [0.15, 0.2) is 6.10 Å². The zero-order valence-corrected chi connectivity index (χ0v) is 5.33. The summed E-state index contributed by atoms with van der Waals surface area (Å²) in [5.41, 5.74) is 0. The van der Waals surface area contributed by atoms with Crippen LogP contribution in [0.2, 0.25) is 0 Å². The maximum Gasteiger partial charge on any atom is 0.337 e. The first-order chi connectivity index (χ1) is 4.22. The van der Waals surface area contributed by atoms with Crippen molar-refractivity contribution in [2.45, 2.75) is 6.10 Å². The van der Waals surface area contributed by atoms with Gasteiger partial charge in [-0.05, 0) is 0 Å². The number of hydrogen-bond donors (Lipinski definition) is 1. The predicted octanol–water partition coefficient (Wildman–Crippen LogP) is -1.35. The van der Waals surface area contributed by atoms with Gasteiger partial charge in [-0.3, -0.25) is 0 Å². The molecule has 0 bridgehead atoms. The van der Waals surface area contributed by atoms with Crippen LogP contribution in [0.4, 0.5) is 0 Å². The minimum Gasteiger partial charge on any atom is -0.479 e. The fourth-order valence-electron chi connectivity index (χ4n) is 0.302. The quantitative estimate of drug-likeness (QED) is 0.500. The fraction of sp³-hybridized carbons (Fsp3) is 0.400. The van der Waals surface area contributed by atoms with E-state index in [4.69, 9.17) is 5.11 Å². The molecular weight excluding hydrogens is 140 g/mol. The van der Waals surface area contributed by atoms with Gasteiger partial charge in [0, 0.05) is 13.2 Å². The van der Waals surface area contributed by atoms with Crippen LogP contribution in [0.25, 0.3) is 0 Å². The van der Waals surface area contributed by atoms with E-state index in [1.165, 1.54) is 13.1 Å². The van der Waals surface area contributed by atoms with Gasteiger partial charge in [0.1, 0.15) is 5.94 Å². The Hall–Kier alpha value is -1.16. The SMILES string of the molecule is COC(C=C=O)C(=O)O.O. The first kappa shape index (κ1) is 11.6. The van der Waals surface area contributed by atoms with Gasteiger partial charge >= 0.3 is 5.97 Å². The highest BCUT2D eigenvalue weighted by Crippen LogP contribution is 1.87. The zero-order chi connectivity index (χ0) is 7.28. The van der Waals surface area contributed by atoms with Crippen LogP contribution in [0, 0.1) is 0 Å². The summed E-state index contributed by atoms with van der Waals surface area (Å²) in [5.74, 6) is 0.126. The molecule has 58 valence electrons. The molecule has 0 aromatic heterocycles. The van der Waals surface area contributed by atoms with E-state index in [-0.39, 0.29) is 5.48 Å². The Morgan fingerprint density at radius 1 is 1.80 bits per heavy atom. The van der Waals surface area contributed by atoms with Crippen LogP contribution >= 0.6 is 0 Å². The summed E-state index contributed by atoms with van der Waals surface area (Å²) >= 11 is 0. The van der Waals surface area contributed by atoms with Crippen molar-refractivity contribution in [1.82, 2.24) is 0 Å². The Morgan fingerprint density at radius 3 is 2.40 bits per heavy atom. The summed E-state index contributed by atoms with van der Waals surface area (Å²) in [6, 6.07) is 0. The van der Waals surface area contributed by atoms with E-state index in [0.717, 1.165) is 6.08 Å². The molecule has 0 aliphatic heterocycles. The van der Waals surface area contributed by atoms with Crippen molar-refractivity contribution in [1.29, 1.82) is 0 Å². The van der Waals surface area contributed by atoms with E-state index in [1.54, 1.807) is 0 Å². The van der Waals surface area contributed by atoms with Crippen LogP contribution in [-0.2, 0) is 14.3 Å². The van der Waals surface area contributed by atoms with Crippen LogP contribution in [0.3, 0.4) is 0 Å². The van der Waals surface area contributed by atoms with Crippen molar-refractivity contribution >= 4 is 11.9 Å². The van der Waals surface area contributed by atoms with Gasteiger partial charge in [0.2, 0.25) is 0 Å². The average Bonchev–Trinajstić information content (AvgIpc) is 1.82. The first-order valence-electron chi connectivity index (χ1n) is 2.19. The second-order valence-electron chi connectivity index (χ2n) is 1.28. The van der Waals surface area contributed by atoms with Crippen molar-refractivity contribution in [3.63, 3.8) is 0 Å². The average molecular weight is 148 g/mol. The molecule has 0 fully saturated rings. The minimum absolute atomic E-state index is 0. The summed E-state index contributed by atoms with van der Waals surface area (Å²) in [7, 11) is 1.20. The normalized spacial score (nSPS) is 10.5. The number of aliphatic carboxylic acids is 1. The lowest BCUT2D eigenvalue weighted by atomic mass is 10.4. The summed E-state index contributed by atoms with van der Waals surface area (Å²) in [6.07, 6.45) is -0.370.